The normalized spacial score (nSPS) is 12.3. The van der Waals surface area contributed by atoms with Crippen LogP contribution in [0.5, 0.6) is 5.75 Å². The summed E-state index contributed by atoms with van der Waals surface area (Å²) in [6, 6.07) is 3.92. The zero-order valence-electron chi connectivity index (χ0n) is 15.0. The van der Waals surface area contributed by atoms with Gasteiger partial charge in [-0.1, -0.05) is 13.3 Å². The first-order valence-electron chi connectivity index (χ1n) is 7.48. The Kier molecular flexibility index (Phi) is 9.36. The summed E-state index contributed by atoms with van der Waals surface area (Å²) < 4.78 is 5.27. The van der Waals surface area contributed by atoms with Gasteiger partial charge in [-0.2, -0.15) is 0 Å². The van der Waals surface area contributed by atoms with Gasteiger partial charge in [0.05, 0.1) is 7.11 Å². The molecule has 0 saturated heterocycles. The van der Waals surface area contributed by atoms with Gasteiger partial charge in [0.15, 0.2) is 0 Å². The maximum atomic E-state index is 12.7. The molecule has 0 bridgehead atoms. The van der Waals surface area contributed by atoms with E-state index in [4.69, 9.17) is 4.74 Å². The average Bonchev–Trinajstić information content (AvgIpc) is 2.38. The fraction of sp³-hybridized carbons (Fsp3) is 0.588. The molecule has 5 heteroatoms. The van der Waals surface area contributed by atoms with E-state index in [1.807, 2.05) is 26.0 Å². The van der Waals surface area contributed by atoms with Crippen LogP contribution in [0.3, 0.4) is 0 Å². The van der Waals surface area contributed by atoms with E-state index < -0.39 is 7.26 Å². The molecule has 0 aromatic heterocycles. The molecule has 1 rings (SSSR count). The van der Waals surface area contributed by atoms with Gasteiger partial charge in [-0.3, -0.25) is 4.79 Å². The van der Waals surface area contributed by atoms with Crippen molar-refractivity contribution in [3.8, 4) is 5.75 Å². The Balaban J connectivity index is 0.00000441. The molecule has 0 heterocycles. The molecule has 1 atom stereocenters. The van der Waals surface area contributed by atoms with Crippen LogP contribution in [0, 0.1) is 13.8 Å². The van der Waals surface area contributed by atoms with Crippen molar-refractivity contribution in [1.82, 2.24) is 0 Å². The number of hydrogen-bond donors (Lipinski definition) is 1. The SMILES string of the molecule is CCCC(C(=O)Nc1c(C)cc(OC)cc1C)[P+](C)(C)C.[Y]. The number of rotatable bonds is 6. The minimum absolute atomic E-state index is 0. The van der Waals surface area contributed by atoms with Gasteiger partial charge >= 0.3 is 0 Å². The molecule has 22 heavy (non-hydrogen) atoms. The molecular formula is C17H29NO2PY+. The Labute approximate surface area is 161 Å². The number of anilines is 1. The van der Waals surface area contributed by atoms with Gasteiger partial charge in [0.1, 0.15) is 11.4 Å². The summed E-state index contributed by atoms with van der Waals surface area (Å²) >= 11 is 0. The topological polar surface area (TPSA) is 38.3 Å². The van der Waals surface area contributed by atoms with Crippen LogP contribution in [0.4, 0.5) is 5.69 Å². The minimum atomic E-state index is -1.22. The van der Waals surface area contributed by atoms with E-state index in [0.717, 1.165) is 35.4 Å². The summed E-state index contributed by atoms with van der Waals surface area (Å²) in [4.78, 5) is 12.7. The van der Waals surface area contributed by atoms with E-state index in [1.54, 1.807) is 7.11 Å². The second-order valence-electron chi connectivity index (χ2n) is 6.55. The van der Waals surface area contributed by atoms with E-state index in [1.165, 1.54) is 0 Å². The van der Waals surface area contributed by atoms with Crippen molar-refractivity contribution in [3.05, 3.63) is 23.3 Å². The van der Waals surface area contributed by atoms with Crippen molar-refractivity contribution in [3.63, 3.8) is 0 Å². The third-order valence-corrected chi connectivity index (χ3v) is 6.15. The number of benzene rings is 1. The molecule has 0 aliphatic rings. The molecule has 1 unspecified atom stereocenters. The van der Waals surface area contributed by atoms with Gasteiger partial charge in [-0.15, -0.1) is 0 Å². The Bertz CT molecular complexity index is 489. The molecule has 0 spiro atoms. The molecule has 1 radical (unpaired) electrons. The molecule has 0 saturated carbocycles. The van der Waals surface area contributed by atoms with Crippen molar-refractivity contribution < 1.29 is 42.2 Å². The van der Waals surface area contributed by atoms with Gasteiger partial charge in [0.2, 0.25) is 0 Å². The summed E-state index contributed by atoms with van der Waals surface area (Å²) in [5.74, 6) is 0.991. The van der Waals surface area contributed by atoms with Crippen LogP contribution in [0.15, 0.2) is 12.1 Å². The van der Waals surface area contributed by atoms with Crippen molar-refractivity contribution >= 4 is 18.9 Å². The minimum Gasteiger partial charge on any atom is -0.497 e. The van der Waals surface area contributed by atoms with E-state index in [0.29, 0.717) is 0 Å². The van der Waals surface area contributed by atoms with Gasteiger partial charge in [-0.25, -0.2) is 0 Å². The molecule has 121 valence electrons. The van der Waals surface area contributed by atoms with Crippen LogP contribution in [0.1, 0.15) is 30.9 Å². The first-order chi connectivity index (χ1) is 9.70. The van der Waals surface area contributed by atoms with Gasteiger partial charge in [0, 0.05) is 65.7 Å². The number of carbonyl (C=O) groups is 1. The fourth-order valence-electron chi connectivity index (χ4n) is 2.59. The first kappa shape index (κ1) is 22.0. The van der Waals surface area contributed by atoms with E-state index in [-0.39, 0.29) is 44.3 Å². The zero-order chi connectivity index (χ0) is 16.2. The molecule has 1 N–H and O–H groups in total. The van der Waals surface area contributed by atoms with Crippen LogP contribution in [0.2, 0.25) is 0 Å². The van der Waals surface area contributed by atoms with Crippen molar-refractivity contribution in [2.75, 3.05) is 32.4 Å². The van der Waals surface area contributed by atoms with Crippen LogP contribution in [0.25, 0.3) is 0 Å². The number of methoxy groups -OCH3 is 1. The van der Waals surface area contributed by atoms with E-state index >= 15 is 0 Å². The van der Waals surface area contributed by atoms with Crippen molar-refractivity contribution in [1.29, 1.82) is 0 Å². The van der Waals surface area contributed by atoms with Crippen LogP contribution in [-0.4, -0.2) is 38.7 Å². The van der Waals surface area contributed by atoms with Gasteiger partial charge < -0.3 is 10.1 Å². The number of amides is 1. The third-order valence-electron chi connectivity index (χ3n) is 3.79. The zero-order valence-corrected chi connectivity index (χ0v) is 18.7. The fourth-order valence-corrected chi connectivity index (χ4v) is 4.39. The van der Waals surface area contributed by atoms with Crippen LogP contribution < -0.4 is 10.1 Å². The number of hydrogen-bond acceptors (Lipinski definition) is 2. The molecule has 3 nitrogen and oxygen atoms in total. The van der Waals surface area contributed by atoms with E-state index in [2.05, 4.69) is 32.2 Å². The smallest absolute Gasteiger partial charge is 0.265 e. The quantitative estimate of drug-likeness (QED) is 0.724. The first-order valence-corrected chi connectivity index (χ1v) is 10.7. The predicted octanol–water partition coefficient (Wildman–Crippen LogP) is 4.32. The van der Waals surface area contributed by atoms with Crippen LogP contribution >= 0.6 is 7.26 Å². The van der Waals surface area contributed by atoms with Crippen molar-refractivity contribution in [2.45, 2.75) is 39.3 Å². The number of aryl methyl sites for hydroxylation is 2. The Hall–Kier alpha value is 0.0239. The maximum Gasteiger partial charge on any atom is 0.265 e. The summed E-state index contributed by atoms with van der Waals surface area (Å²) in [5.41, 5.74) is 3.14. The van der Waals surface area contributed by atoms with Gasteiger partial charge in [-0.05, 0) is 43.5 Å². The van der Waals surface area contributed by atoms with Gasteiger partial charge in [0.25, 0.3) is 5.91 Å². The molecule has 1 amide bonds. The Morgan fingerprint density at radius 2 is 1.73 bits per heavy atom. The monoisotopic (exact) mass is 399 g/mol. The van der Waals surface area contributed by atoms with Crippen molar-refractivity contribution in [2.24, 2.45) is 0 Å². The standard InChI is InChI=1S/C17H28NO2P.Y/c1-8-9-15(21(5,6)7)17(19)18-16-12(2)10-14(20-4)11-13(16)3;/h10-11,15H,8-9H2,1-7H3;/p+1. The molecule has 1 aromatic rings. The molecule has 0 fully saturated rings. The Morgan fingerprint density at radius 3 is 2.09 bits per heavy atom. The number of carbonyl (C=O) groups excluding carboxylic acids is 1. The Morgan fingerprint density at radius 1 is 1.23 bits per heavy atom. The number of ether oxygens (including phenoxy) is 1. The van der Waals surface area contributed by atoms with Crippen LogP contribution in [-0.2, 0) is 37.5 Å². The summed E-state index contributed by atoms with van der Waals surface area (Å²) in [6.45, 7) is 12.9. The maximum absolute atomic E-state index is 12.7. The predicted molar refractivity (Wildman–Crippen MR) is 94.5 cm³/mol. The summed E-state index contributed by atoms with van der Waals surface area (Å²) in [6.07, 6.45) is 1.99. The summed E-state index contributed by atoms with van der Waals surface area (Å²) in [7, 11) is 0.443. The summed E-state index contributed by atoms with van der Waals surface area (Å²) in [5, 5.41) is 3.15. The van der Waals surface area contributed by atoms with E-state index in [9.17, 15) is 4.79 Å². The molecular weight excluding hydrogens is 370 g/mol. The second-order valence-corrected chi connectivity index (χ2v) is 11.4. The largest absolute Gasteiger partial charge is 0.497 e. The molecule has 0 aliphatic heterocycles. The second kappa shape index (κ2) is 9.35. The average molecular weight is 399 g/mol. The molecule has 0 aliphatic carbocycles. The third kappa shape index (κ3) is 5.91. The molecule has 1 aromatic carbocycles. The number of nitrogens with one attached hydrogen (secondary N) is 1.